The third-order valence-electron chi connectivity index (χ3n) is 3.99. The molecule has 0 spiro atoms. The molecule has 0 N–H and O–H groups in total. The molecule has 1 aliphatic carbocycles. The van der Waals surface area contributed by atoms with Crippen molar-refractivity contribution >= 4 is 0 Å². The van der Waals surface area contributed by atoms with Crippen LogP contribution < -0.4 is 0 Å². The zero-order chi connectivity index (χ0) is 14.1. The van der Waals surface area contributed by atoms with Gasteiger partial charge in [0.05, 0.1) is 6.10 Å². The number of methoxy groups -OCH3 is 1. The summed E-state index contributed by atoms with van der Waals surface area (Å²) in [5, 5.41) is 0. The van der Waals surface area contributed by atoms with Crippen LogP contribution in [0.1, 0.15) is 46.0 Å². The van der Waals surface area contributed by atoms with E-state index in [9.17, 15) is 0 Å². The largest absolute Gasteiger partial charge is 0.359 e. The molecule has 0 radical (unpaired) electrons. The van der Waals surface area contributed by atoms with Crippen LogP contribution in [0, 0.1) is 30.1 Å². The minimum atomic E-state index is 0.0322. The first-order valence-corrected chi connectivity index (χ1v) is 7.44. The van der Waals surface area contributed by atoms with Gasteiger partial charge in [-0.3, -0.25) is 0 Å². The molecular formula is C17H28O2. The second-order valence-electron chi connectivity index (χ2n) is 5.64. The molecule has 108 valence electrons. The Balaban J connectivity index is 2.52. The first-order valence-electron chi connectivity index (χ1n) is 7.44. The standard InChI is InChI=1S/C17H28O2/c1-5-14(2)17(19-13-18-4)15(3)11-12-16-9-7-6-8-10-16/h1,11-12,14-17H,6-10,13H2,2-4H3/b12-11+/t14?,15-,17-/m0/s1. The van der Waals surface area contributed by atoms with Gasteiger partial charge in [0, 0.05) is 18.9 Å². The Hall–Kier alpha value is -0.780. The monoisotopic (exact) mass is 264 g/mol. The van der Waals surface area contributed by atoms with Crippen LogP contribution in [0.25, 0.3) is 0 Å². The number of terminal acetylenes is 1. The van der Waals surface area contributed by atoms with E-state index in [2.05, 4.69) is 25.0 Å². The van der Waals surface area contributed by atoms with Crippen molar-refractivity contribution in [1.82, 2.24) is 0 Å². The highest BCUT2D eigenvalue weighted by Crippen LogP contribution is 2.26. The Bertz CT molecular complexity index is 297. The molecule has 1 fully saturated rings. The van der Waals surface area contributed by atoms with E-state index in [1.807, 2.05) is 6.92 Å². The van der Waals surface area contributed by atoms with Gasteiger partial charge >= 0.3 is 0 Å². The summed E-state index contributed by atoms with van der Waals surface area (Å²) in [6.07, 6.45) is 17.0. The van der Waals surface area contributed by atoms with Crippen molar-refractivity contribution in [1.29, 1.82) is 0 Å². The molecule has 0 aliphatic heterocycles. The molecule has 0 aromatic carbocycles. The van der Waals surface area contributed by atoms with Gasteiger partial charge in [-0.1, -0.05) is 38.3 Å². The number of hydrogen-bond donors (Lipinski definition) is 0. The lowest BCUT2D eigenvalue weighted by Crippen LogP contribution is -2.28. The quantitative estimate of drug-likeness (QED) is 0.393. The Labute approximate surface area is 118 Å². The van der Waals surface area contributed by atoms with Gasteiger partial charge in [-0.25, -0.2) is 0 Å². The molecule has 0 bridgehead atoms. The molecule has 1 aliphatic rings. The van der Waals surface area contributed by atoms with Gasteiger partial charge in [-0.05, 0) is 25.7 Å². The molecule has 0 aromatic rings. The lowest BCUT2D eigenvalue weighted by atomic mass is 9.87. The van der Waals surface area contributed by atoms with Crippen molar-refractivity contribution < 1.29 is 9.47 Å². The molecule has 0 heterocycles. The summed E-state index contributed by atoms with van der Waals surface area (Å²) in [6.45, 7) is 4.51. The average Bonchev–Trinajstić information content (AvgIpc) is 2.46. The van der Waals surface area contributed by atoms with Crippen LogP contribution in [0.3, 0.4) is 0 Å². The highest BCUT2D eigenvalue weighted by atomic mass is 16.7. The van der Waals surface area contributed by atoms with E-state index in [0.717, 1.165) is 5.92 Å². The second-order valence-corrected chi connectivity index (χ2v) is 5.64. The number of hydrogen-bond acceptors (Lipinski definition) is 2. The van der Waals surface area contributed by atoms with Crippen LogP contribution in [0.4, 0.5) is 0 Å². The van der Waals surface area contributed by atoms with Crippen molar-refractivity contribution in [2.45, 2.75) is 52.1 Å². The van der Waals surface area contributed by atoms with Crippen molar-refractivity contribution in [3.63, 3.8) is 0 Å². The lowest BCUT2D eigenvalue weighted by Gasteiger charge is -2.25. The van der Waals surface area contributed by atoms with E-state index in [0.29, 0.717) is 12.7 Å². The minimum absolute atomic E-state index is 0.0322. The van der Waals surface area contributed by atoms with Gasteiger partial charge in [0.25, 0.3) is 0 Å². The summed E-state index contributed by atoms with van der Waals surface area (Å²) >= 11 is 0. The van der Waals surface area contributed by atoms with Crippen molar-refractivity contribution in [3.05, 3.63) is 12.2 Å². The predicted octanol–water partition coefficient (Wildman–Crippen LogP) is 4.02. The maximum Gasteiger partial charge on any atom is 0.146 e. The highest BCUT2D eigenvalue weighted by molar-refractivity contribution is 5.02. The maximum atomic E-state index is 5.73. The van der Waals surface area contributed by atoms with E-state index in [-0.39, 0.29) is 12.0 Å². The summed E-state index contributed by atoms with van der Waals surface area (Å²) < 4.78 is 10.7. The van der Waals surface area contributed by atoms with Gasteiger partial charge in [0.2, 0.25) is 0 Å². The summed E-state index contributed by atoms with van der Waals surface area (Å²) in [4.78, 5) is 0. The molecule has 1 unspecified atom stereocenters. The highest BCUT2D eigenvalue weighted by Gasteiger charge is 2.22. The fourth-order valence-corrected chi connectivity index (χ4v) is 2.76. The Morgan fingerprint density at radius 1 is 1.26 bits per heavy atom. The molecule has 19 heavy (non-hydrogen) atoms. The van der Waals surface area contributed by atoms with E-state index in [1.165, 1.54) is 32.1 Å². The molecule has 2 heteroatoms. The van der Waals surface area contributed by atoms with Gasteiger partial charge in [0.1, 0.15) is 6.79 Å². The van der Waals surface area contributed by atoms with E-state index in [4.69, 9.17) is 15.9 Å². The van der Waals surface area contributed by atoms with Crippen LogP contribution in [-0.4, -0.2) is 20.0 Å². The summed E-state index contributed by atoms with van der Waals surface area (Å²) in [7, 11) is 1.64. The number of rotatable bonds is 7. The van der Waals surface area contributed by atoms with E-state index in [1.54, 1.807) is 7.11 Å². The topological polar surface area (TPSA) is 18.5 Å². The van der Waals surface area contributed by atoms with Gasteiger partial charge in [0.15, 0.2) is 0 Å². The molecular weight excluding hydrogens is 236 g/mol. The zero-order valence-corrected chi connectivity index (χ0v) is 12.6. The first-order chi connectivity index (χ1) is 9.19. The molecule has 0 amide bonds. The van der Waals surface area contributed by atoms with Crippen LogP contribution in [0.15, 0.2) is 12.2 Å². The molecule has 3 atom stereocenters. The normalized spacial score (nSPS) is 22.0. The van der Waals surface area contributed by atoms with Crippen molar-refractivity contribution in [3.8, 4) is 12.3 Å². The Morgan fingerprint density at radius 3 is 2.53 bits per heavy atom. The van der Waals surface area contributed by atoms with Gasteiger partial charge in [-0.2, -0.15) is 0 Å². The number of allylic oxidation sites excluding steroid dienone is 1. The van der Waals surface area contributed by atoms with Crippen LogP contribution >= 0.6 is 0 Å². The van der Waals surface area contributed by atoms with Crippen LogP contribution in [0.2, 0.25) is 0 Å². The van der Waals surface area contributed by atoms with Crippen molar-refractivity contribution in [2.75, 3.05) is 13.9 Å². The third kappa shape index (κ3) is 5.80. The van der Waals surface area contributed by atoms with E-state index < -0.39 is 0 Å². The van der Waals surface area contributed by atoms with E-state index >= 15 is 0 Å². The molecule has 0 saturated heterocycles. The summed E-state index contributed by atoms with van der Waals surface area (Å²) in [5.41, 5.74) is 0. The zero-order valence-electron chi connectivity index (χ0n) is 12.6. The fraction of sp³-hybridized carbons (Fsp3) is 0.765. The fourth-order valence-electron chi connectivity index (χ4n) is 2.76. The van der Waals surface area contributed by atoms with Crippen LogP contribution in [-0.2, 0) is 9.47 Å². The summed E-state index contributed by atoms with van der Waals surface area (Å²) in [5.74, 6) is 3.95. The van der Waals surface area contributed by atoms with Gasteiger partial charge < -0.3 is 9.47 Å². The average molecular weight is 264 g/mol. The number of ether oxygens (including phenoxy) is 2. The SMILES string of the molecule is C#CC(C)[C@H](OCOC)[C@@H](C)/C=C/C1CCCCC1. The molecule has 0 aromatic heterocycles. The molecule has 1 rings (SSSR count). The van der Waals surface area contributed by atoms with Crippen LogP contribution in [0.5, 0.6) is 0 Å². The molecule has 2 nitrogen and oxygen atoms in total. The molecule has 1 saturated carbocycles. The summed E-state index contributed by atoms with van der Waals surface area (Å²) in [6, 6.07) is 0. The Morgan fingerprint density at radius 2 is 1.95 bits per heavy atom. The minimum Gasteiger partial charge on any atom is -0.359 e. The third-order valence-corrected chi connectivity index (χ3v) is 3.99. The first kappa shape index (κ1) is 16.3. The maximum absolute atomic E-state index is 5.73. The second kappa shape index (κ2) is 9.18. The van der Waals surface area contributed by atoms with Gasteiger partial charge in [-0.15, -0.1) is 12.3 Å². The van der Waals surface area contributed by atoms with Crippen molar-refractivity contribution in [2.24, 2.45) is 17.8 Å². The Kier molecular flexibility index (Phi) is 7.86. The predicted molar refractivity (Wildman–Crippen MR) is 79.6 cm³/mol. The smallest absolute Gasteiger partial charge is 0.146 e. The lowest BCUT2D eigenvalue weighted by molar-refractivity contribution is -0.0935.